The Labute approximate surface area is 192 Å². The minimum absolute atomic E-state index is 0.0237. The number of amides is 2. The molecule has 0 aliphatic carbocycles. The van der Waals surface area contributed by atoms with Gasteiger partial charge in [0.05, 0.1) is 6.42 Å². The number of benzene rings is 2. The number of carbonyl (C=O) groups excluding carboxylic acids is 2. The second kappa shape index (κ2) is 13.0. The molecule has 32 heavy (non-hydrogen) atoms. The van der Waals surface area contributed by atoms with Crippen molar-refractivity contribution in [2.45, 2.75) is 63.8 Å². The summed E-state index contributed by atoms with van der Waals surface area (Å²) in [5, 5.41) is 3.03. The topological polar surface area (TPSA) is 75.4 Å². The molecular weight excluding hydrogens is 398 g/mol. The van der Waals surface area contributed by atoms with Crippen LogP contribution in [0.3, 0.4) is 0 Å². The Hall–Kier alpha value is -2.66. The molecule has 5 nitrogen and oxygen atoms in total. The van der Waals surface area contributed by atoms with Gasteiger partial charge in [0.25, 0.3) is 0 Å². The predicted molar refractivity (Wildman–Crippen MR) is 130 cm³/mol. The van der Waals surface area contributed by atoms with Crippen molar-refractivity contribution in [1.29, 1.82) is 0 Å². The summed E-state index contributed by atoms with van der Waals surface area (Å²) in [6.07, 6.45) is 8.21. The Morgan fingerprint density at radius 1 is 0.906 bits per heavy atom. The van der Waals surface area contributed by atoms with E-state index < -0.39 is 0 Å². The molecule has 1 aliphatic heterocycles. The van der Waals surface area contributed by atoms with E-state index in [0.29, 0.717) is 12.8 Å². The average Bonchev–Trinajstić information content (AvgIpc) is 3.28. The van der Waals surface area contributed by atoms with Gasteiger partial charge in [0, 0.05) is 25.6 Å². The molecule has 0 bridgehead atoms. The number of nitrogens with one attached hydrogen (secondary N) is 1. The first kappa shape index (κ1) is 24.0. The van der Waals surface area contributed by atoms with E-state index in [1.807, 2.05) is 35.2 Å². The largest absolute Gasteiger partial charge is 0.356 e. The molecule has 172 valence electrons. The van der Waals surface area contributed by atoms with Crippen LogP contribution in [-0.2, 0) is 16.0 Å². The summed E-state index contributed by atoms with van der Waals surface area (Å²) >= 11 is 0. The zero-order chi connectivity index (χ0) is 22.6. The van der Waals surface area contributed by atoms with Gasteiger partial charge in [-0.25, -0.2) is 0 Å². The van der Waals surface area contributed by atoms with Crippen LogP contribution in [0.25, 0.3) is 11.1 Å². The Bertz CT molecular complexity index is 836. The van der Waals surface area contributed by atoms with E-state index in [2.05, 4.69) is 29.6 Å². The SMILES string of the molecule is NCCCCCCCNC(=O)CC1CCCN1C(=O)Cc1ccc(-c2ccccc2)cc1. The summed E-state index contributed by atoms with van der Waals surface area (Å²) in [6, 6.07) is 18.5. The molecular formula is C27H37N3O2. The van der Waals surface area contributed by atoms with Gasteiger partial charge >= 0.3 is 0 Å². The molecule has 1 heterocycles. The molecule has 3 rings (SSSR count). The number of unbranched alkanes of at least 4 members (excludes halogenated alkanes) is 4. The maximum atomic E-state index is 12.9. The van der Waals surface area contributed by atoms with Crippen molar-refractivity contribution >= 4 is 11.8 Å². The van der Waals surface area contributed by atoms with Crippen LogP contribution in [0.1, 0.15) is 56.9 Å². The van der Waals surface area contributed by atoms with Gasteiger partial charge in [-0.2, -0.15) is 0 Å². The number of nitrogens with zero attached hydrogens (tertiary/aromatic N) is 1. The molecule has 3 N–H and O–H groups in total. The third kappa shape index (κ3) is 7.49. The van der Waals surface area contributed by atoms with Crippen molar-refractivity contribution in [3.63, 3.8) is 0 Å². The second-order valence-electron chi connectivity index (χ2n) is 8.73. The van der Waals surface area contributed by atoms with Crippen LogP contribution in [0.5, 0.6) is 0 Å². The molecule has 0 saturated carbocycles. The molecule has 0 aromatic heterocycles. The number of likely N-dealkylation sites (tertiary alicyclic amines) is 1. The molecule has 1 saturated heterocycles. The molecule has 1 aliphatic rings. The van der Waals surface area contributed by atoms with Crippen molar-refractivity contribution < 1.29 is 9.59 Å². The smallest absolute Gasteiger partial charge is 0.227 e. The second-order valence-corrected chi connectivity index (χ2v) is 8.73. The van der Waals surface area contributed by atoms with Crippen molar-refractivity contribution in [2.24, 2.45) is 5.73 Å². The minimum Gasteiger partial charge on any atom is -0.356 e. The monoisotopic (exact) mass is 435 g/mol. The normalized spacial score (nSPS) is 15.7. The zero-order valence-corrected chi connectivity index (χ0v) is 19.1. The average molecular weight is 436 g/mol. The van der Waals surface area contributed by atoms with Gasteiger partial charge in [0.1, 0.15) is 0 Å². The van der Waals surface area contributed by atoms with E-state index in [0.717, 1.165) is 62.9 Å². The van der Waals surface area contributed by atoms with E-state index in [4.69, 9.17) is 5.73 Å². The van der Waals surface area contributed by atoms with Crippen LogP contribution in [0, 0.1) is 0 Å². The molecule has 2 amide bonds. The summed E-state index contributed by atoms with van der Waals surface area (Å²) in [5.74, 6) is 0.177. The number of nitrogens with two attached hydrogens (primary N) is 1. The van der Waals surface area contributed by atoms with E-state index in [-0.39, 0.29) is 17.9 Å². The standard InChI is InChI=1S/C27H37N3O2/c28-17-7-2-1-3-8-18-29-26(31)21-25-12-9-19-30(25)27(32)20-22-13-15-24(16-14-22)23-10-5-4-6-11-23/h4-6,10-11,13-16,25H,1-3,7-9,12,17-21,28H2,(H,29,31). The van der Waals surface area contributed by atoms with Gasteiger partial charge in [-0.1, -0.05) is 73.9 Å². The Morgan fingerprint density at radius 3 is 2.34 bits per heavy atom. The first-order valence-electron chi connectivity index (χ1n) is 12.1. The molecule has 5 heteroatoms. The van der Waals surface area contributed by atoms with Crippen LogP contribution in [0.15, 0.2) is 54.6 Å². The lowest BCUT2D eigenvalue weighted by Gasteiger charge is -2.24. The summed E-state index contributed by atoms with van der Waals surface area (Å²) < 4.78 is 0. The summed E-state index contributed by atoms with van der Waals surface area (Å²) in [5.41, 5.74) is 8.84. The van der Waals surface area contributed by atoms with Crippen LogP contribution >= 0.6 is 0 Å². The Kier molecular flexibility index (Phi) is 9.76. The fourth-order valence-corrected chi connectivity index (χ4v) is 4.41. The lowest BCUT2D eigenvalue weighted by molar-refractivity contribution is -0.132. The quantitative estimate of drug-likeness (QED) is 0.488. The van der Waals surface area contributed by atoms with Crippen molar-refractivity contribution in [2.75, 3.05) is 19.6 Å². The Balaban J connectivity index is 1.42. The lowest BCUT2D eigenvalue weighted by atomic mass is 10.0. The first-order valence-corrected chi connectivity index (χ1v) is 12.1. The molecule has 2 aromatic carbocycles. The van der Waals surface area contributed by atoms with Crippen molar-refractivity contribution in [3.05, 3.63) is 60.2 Å². The van der Waals surface area contributed by atoms with Gasteiger partial charge in [-0.3, -0.25) is 9.59 Å². The summed E-state index contributed by atoms with van der Waals surface area (Å²) in [4.78, 5) is 27.2. The first-order chi connectivity index (χ1) is 15.7. The maximum Gasteiger partial charge on any atom is 0.227 e. The van der Waals surface area contributed by atoms with Crippen LogP contribution in [0.2, 0.25) is 0 Å². The molecule has 1 fully saturated rings. The van der Waals surface area contributed by atoms with E-state index in [1.165, 1.54) is 18.4 Å². The number of rotatable bonds is 12. The van der Waals surface area contributed by atoms with Gasteiger partial charge in [-0.15, -0.1) is 0 Å². The fourth-order valence-electron chi connectivity index (χ4n) is 4.41. The number of hydrogen-bond acceptors (Lipinski definition) is 3. The molecule has 1 atom stereocenters. The lowest BCUT2D eigenvalue weighted by Crippen LogP contribution is -2.40. The number of hydrogen-bond donors (Lipinski definition) is 2. The highest BCUT2D eigenvalue weighted by atomic mass is 16.2. The van der Waals surface area contributed by atoms with E-state index >= 15 is 0 Å². The Morgan fingerprint density at radius 2 is 1.59 bits per heavy atom. The van der Waals surface area contributed by atoms with Crippen LogP contribution < -0.4 is 11.1 Å². The van der Waals surface area contributed by atoms with Crippen LogP contribution in [-0.4, -0.2) is 42.4 Å². The summed E-state index contributed by atoms with van der Waals surface area (Å²) in [6.45, 7) is 2.22. The van der Waals surface area contributed by atoms with E-state index in [9.17, 15) is 9.59 Å². The maximum absolute atomic E-state index is 12.9. The summed E-state index contributed by atoms with van der Waals surface area (Å²) in [7, 11) is 0. The van der Waals surface area contributed by atoms with Gasteiger partial charge in [-0.05, 0) is 48.9 Å². The van der Waals surface area contributed by atoms with E-state index in [1.54, 1.807) is 0 Å². The van der Waals surface area contributed by atoms with Crippen molar-refractivity contribution in [1.82, 2.24) is 10.2 Å². The van der Waals surface area contributed by atoms with Crippen molar-refractivity contribution in [3.8, 4) is 11.1 Å². The third-order valence-electron chi connectivity index (χ3n) is 6.24. The number of carbonyl (C=O) groups is 2. The molecule has 1 unspecified atom stereocenters. The van der Waals surface area contributed by atoms with Crippen LogP contribution in [0.4, 0.5) is 0 Å². The van der Waals surface area contributed by atoms with Gasteiger partial charge in [0.15, 0.2) is 0 Å². The molecule has 2 aromatic rings. The fraction of sp³-hybridized carbons (Fsp3) is 0.481. The van der Waals surface area contributed by atoms with Gasteiger partial charge in [0.2, 0.25) is 11.8 Å². The predicted octanol–water partition coefficient (Wildman–Crippen LogP) is 4.30. The highest BCUT2D eigenvalue weighted by molar-refractivity contribution is 5.81. The zero-order valence-electron chi connectivity index (χ0n) is 19.1. The molecule has 0 radical (unpaired) electrons. The highest BCUT2D eigenvalue weighted by Gasteiger charge is 2.30. The minimum atomic E-state index is 0.0237. The molecule has 0 spiro atoms. The third-order valence-corrected chi connectivity index (χ3v) is 6.24. The van der Waals surface area contributed by atoms with Gasteiger partial charge < -0.3 is 16.0 Å². The highest BCUT2D eigenvalue weighted by Crippen LogP contribution is 2.23.